The molecule has 1 aliphatic rings. The summed E-state index contributed by atoms with van der Waals surface area (Å²) in [4.78, 5) is 5.74. The van der Waals surface area contributed by atoms with Crippen LogP contribution in [0.1, 0.15) is 19.4 Å². The lowest BCUT2D eigenvalue weighted by Gasteiger charge is -2.32. The van der Waals surface area contributed by atoms with Crippen LogP contribution in [0.15, 0.2) is 24.5 Å². The number of morpholine rings is 1. The van der Waals surface area contributed by atoms with Crippen molar-refractivity contribution in [3.05, 3.63) is 30.1 Å². The van der Waals surface area contributed by atoms with E-state index < -0.39 is 0 Å². The summed E-state index contributed by atoms with van der Waals surface area (Å²) in [6, 6.07) is 4.15. The standard InChI is InChI=1S/C12H18N2O/c1-10-7-14(8-11(2)15-10)9-12-4-3-5-13-6-12/h3-6,10-11H,7-9H2,1-2H3/p+1/t10-,11-/m1/s1. The number of hydrogen-bond acceptors (Lipinski definition) is 2. The first-order chi connectivity index (χ1) is 7.24. The Morgan fingerprint density at radius 3 is 2.73 bits per heavy atom. The Balaban J connectivity index is 1.94. The molecule has 0 aromatic carbocycles. The molecule has 2 heterocycles. The maximum atomic E-state index is 5.72. The molecule has 0 spiro atoms. The van der Waals surface area contributed by atoms with Gasteiger partial charge in [0.2, 0.25) is 0 Å². The molecule has 1 fully saturated rings. The van der Waals surface area contributed by atoms with Crippen LogP contribution in [-0.2, 0) is 11.3 Å². The van der Waals surface area contributed by atoms with E-state index in [0.717, 1.165) is 19.6 Å². The summed E-state index contributed by atoms with van der Waals surface area (Å²) in [6.07, 6.45) is 4.53. The number of pyridine rings is 1. The second kappa shape index (κ2) is 4.73. The summed E-state index contributed by atoms with van der Waals surface area (Å²) in [5.41, 5.74) is 1.31. The molecule has 1 aromatic rings. The van der Waals surface area contributed by atoms with Gasteiger partial charge in [0.05, 0.1) is 0 Å². The lowest BCUT2D eigenvalue weighted by atomic mass is 10.2. The monoisotopic (exact) mass is 207 g/mol. The lowest BCUT2D eigenvalue weighted by Crippen LogP contribution is -3.14. The Hall–Kier alpha value is -0.930. The van der Waals surface area contributed by atoms with Crippen molar-refractivity contribution in [2.24, 2.45) is 0 Å². The summed E-state index contributed by atoms with van der Waals surface area (Å²) in [7, 11) is 0. The van der Waals surface area contributed by atoms with Gasteiger partial charge in [0.25, 0.3) is 0 Å². The third-order valence-corrected chi connectivity index (χ3v) is 2.79. The van der Waals surface area contributed by atoms with E-state index in [1.165, 1.54) is 5.56 Å². The van der Waals surface area contributed by atoms with Gasteiger partial charge in [-0.2, -0.15) is 0 Å². The first kappa shape index (κ1) is 10.6. The summed E-state index contributed by atoms with van der Waals surface area (Å²) >= 11 is 0. The van der Waals surface area contributed by atoms with Gasteiger partial charge in [-0.25, -0.2) is 0 Å². The van der Waals surface area contributed by atoms with Gasteiger partial charge in [0.15, 0.2) is 0 Å². The van der Waals surface area contributed by atoms with Crippen LogP contribution in [0.3, 0.4) is 0 Å². The van der Waals surface area contributed by atoms with Crippen LogP contribution in [0.5, 0.6) is 0 Å². The largest absolute Gasteiger partial charge is 0.364 e. The highest BCUT2D eigenvalue weighted by atomic mass is 16.5. The number of nitrogens with zero attached hydrogens (tertiary/aromatic N) is 1. The van der Waals surface area contributed by atoms with Gasteiger partial charge in [-0.1, -0.05) is 6.07 Å². The predicted molar refractivity (Wildman–Crippen MR) is 58.6 cm³/mol. The average Bonchev–Trinajstić information content (AvgIpc) is 2.17. The minimum atomic E-state index is 0.375. The van der Waals surface area contributed by atoms with Crippen LogP contribution >= 0.6 is 0 Å². The molecule has 0 aliphatic carbocycles. The minimum Gasteiger partial charge on any atom is -0.364 e. The Labute approximate surface area is 91.1 Å². The fraction of sp³-hybridized carbons (Fsp3) is 0.583. The Morgan fingerprint density at radius 1 is 1.40 bits per heavy atom. The second-order valence-electron chi connectivity index (χ2n) is 4.45. The first-order valence-electron chi connectivity index (χ1n) is 5.62. The van der Waals surface area contributed by atoms with E-state index in [9.17, 15) is 0 Å². The van der Waals surface area contributed by atoms with Crippen molar-refractivity contribution >= 4 is 0 Å². The molecule has 0 bridgehead atoms. The molecule has 82 valence electrons. The number of ether oxygens (including phenoxy) is 1. The van der Waals surface area contributed by atoms with E-state index >= 15 is 0 Å². The predicted octanol–water partition coefficient (Wildman–Crippen LogP) is 0.274. The minimum absolute atomic E-state index is 0.375. The molecule has 1 aliphatic heterocycles. The second-order valence-corrected chi connectivity index (χ2v) is 4.45. The Bertz CT molecular complexity index is 292. The molecular weight excluding hydrogens is 188 g/mol. The molecule has 0 radical (unpaired) electrons. The highest BCUT2D eigenvalue weighted by molar-refractivity contribution is 5.06. The van der Waals surface area contributed by atoms with Gasteiger partial charge in [0, 0.05) is 18.0 Å². The molecule has 1 N–H and O–H groups in total. The van der Waals surface area contributed by atoms with Crippen LogP contribution in [0.2, 0.25) is 0 Å². The molecule has 15 heavy (non-hydrogen) atoms. The van der Waals surface area contributed by atoms with Crippen LogP contribution in [0.4, 0.5) is 0 Å². The Morgan fingerprint density at radius 2 is 2.13 bits per heavy atom. The van der Waals surface area contributed by atoms with Gasteiger partial charge in [0.1, 0.15) is 31.8 Å². The quantitative estimate of drug-likeness (QED) is 0.753. The third kappa shape index (κ3) is 3.01. The van der Waals surface area contributed by atoms with E-state index in [1.807, 2.05) is 18.5 Å². The van der Waals surface area contributed by atoms with Crippen molar-refractivity contribution in [3.63, 3.8) is 0 Å². The molecule has 1 aromatic heterocycles. The van der Waals surface area contributed by atoms with E-state index in [0.29, 0.717) is 12.2 Å². The van der Waals surface area contributed by atoms with Crippen molar-refractivity contribution in [1.82, 2.24) is 4.98 Å². The van der Waals surface area contributed by atoms with Gasteiger partial charge in [-0.3, -0.25) is 4.98 Å². The molecule has 2 atom stereocenters. The third-order valence-electron chi connectivity index (χ3n) is 2.79. The molecule has 0 unspecified atom stereocenters. The highest BCUT2D eigenvalue weighted by Crippen LogP contribution is 2.00. The van der Waals surface area contributed by atoms with Crippen LogP contribution in [-0.4, -0.2) is 30.3 Å². The zero-order chi connectivity index (χ0) is 10.7. The number of quaternary nitrogens is 1. The zero-order valence-corrected chi connectivity index (χ0v) is 9.44. The van der Waals surface area contributed by atoms with Crippen molar-refractivity contribution in [2.75, 3.05) is 13.1 Å². The van der Waals surface area contributed by atoms with E-state index in [4.69, 9.17) is 4.74 Å². The van der Waals surface area contributed by atoms with Crippen LogP contribution < -0.4 is 4.90 Å². The van der Waals surface area contributed by atoms with Crippen molar-refractivity contribution < 1.29 is 9.64 Å². The molecule has 0 amide bonds. The summed E-state index contributed by atoms with van der Waals surface area (Å²) < 4.78 is 5.72. The summed E-state index contributed by atoms with van der Waals surface area (Å²) in [5, 5.41) is 0. The smallest absolute Gasteiger partial charge is 0.104 e. The molecule has 2 rings (SSSR count). The normalized spacial score (nSPS) is 31.5. The van der Waals surface area contributed by atoms with Crippen molar-refractivity contribution in [1.29, 1.82) is 0 Å². The van der Waals surface area contributed by atoms with Crippen molar-refractivity contribution in [2.45, 2.75) is 32.6 Å². The molecular formula is C12H19N2O+. The lowest BCUT2D eigenvalue weighted by molar-refractivity contribution is -0.928. The fourth-order valence-corrected chi connectivity index (χ4v) is 2.32. The molecule has 3 nitrogen and oxygen atoms in total. The van der Waals surface area contributed by atoms with Crippen LogP contribution in [0, 0.1) is 0 Å². The first-order valence-corrected chi connectivity index (χ1v) is 5.62. The summed E-state index contributed by atoms with van der Waals surface area (Å²) in [5.74, 6) is 0. The number of aromatic nitrogens is 1. The molecule has 1 saturated heterocycles. The van der Waals surface area contributed by atoms with Gasteiger partial charge in [-0.15, -0.1) is 0 Å². The van der Waals surface area contributed by atoms with Gasteiger partial charge < -0.3 is 9.64 Å². The topological polar surface area (TPSA) is 26.6 Å². The number of rotatable bonds is 2. The van der Waals surface area contributed by atoms with Crippen molar-refractivity contribution in [3.8, 4) is 0 Å². The highest BCUT2D eigenvalue weighted by Gasteiger charge is 2.25. The van der Waals surface area contributed by atoms with Gasteiger partial charge >= 0.3 is 0 Å². The van der Waals surface area contributed by atoms with E-state index in [1.54, 1.807) is 4.90 Å². The average molecular weight is 207 g/mol. The zero-order valence-electron chi connectivity index (χ0n) is 9.44. The fourth-order valence-electron chi connectivity index (χ4n) is 2.32. The SMILES string of the molecule is C[C@@H]1C[NH+](Cc2cccnc2)C[C@@H](C)O1. The maximum absolute atomic E-state index is 5.72. The number of hydrogen-bond donors (Lipinski definition) is 1. The van der Waals surface area contributed by atoms with Crippen LogP contribution in [0.25, 0.3) is 0 Å². The molecule has 3 heteroatoms. The maximum Gasteiger partial charge on any atom is 0.104 e. The molecule has 0 saturated carbocycles. The van der Waals surface area contributed by atoms with E-state index in [2.05, 4.69) is 24.9 Å². The Kier molecular flexibility index (Phi) is 3.34. The van der Waals surface area contributed by atoms with E-state index in [-0.39, 0.29) is 0 Å². The summed E-state index contributed by atoms with van der Waals surface area (Å²) in [6.45, 7) is 7.56. The van der Waals surface area contributed by atoms with Gasteiger partial charge in [-0.05, 0) is 19.9 Å². The number of nitrogens with one attached hydrogen (secondary N) is 1.